The minimum absolute atomic E-state index is 0. The van der Waals surface area contributed by atoms with Crippen molar-refractivity contribution in [1.29, 1.82) is 0 Å². The summed E-state index contributed by atoms with van der Waals surface area (Å²) in [5.41, 5.74) is 0.494. The van der Waals surface area contributed by atoms with Crippen molar-refractivity contribution in [1.82, 2.24) is 0 Å². The van der Waals surface area contributed by atoms with E-state index in [0.717, 1.165) is 12.7 Å². The van der Waals surface area contributed by atoms with Crippen LogP contribution in [0.5, 0.6) is 0 Å². The van der Waals surface area contributed by atoms with Gasteiger partial charge < -0.3 is 4.74 Å². The number of hydrogen-bond acceptors (Lipinski definition) is 1. The molecule has 0 saturated heterocycles. The van der Waals surface area contributed by atoms with Gasteiger partial charge in [0, 0.05) is 27.7 Å². The molecule has 0 radical (unpaired) electrons. The van der Waals surface area contributed by atoms with E-state index >= 15 is 0 Å². The predicted molar refractivity (Wildman–Crippen MR) is 58.5 cm³/mol. The van der Waals surface area contributed by atoms with Gasteiger partial charge in [-0.2, -0.15) is 13.8 Å². The third kappa shape index (κ3) is 15.1. The molecule has 1 nitrogen and oxygen atoms in total. The molecule has 0 aliphatic heterocycles. The van der Waals surface area contributed by atoms with Crippen molar-refractivity contribution in [3.8, 4) is 0 Å². The van der Waals surface area contributed by atoms with Crippen molar-refractivity contribution in [2.24, 2.45) is 5.41 Å². The molecule has 86 valence electrons. The average Bonchev–Trinajstić information content (AvgIpc) is 1.93. The average molecular weight is 369 g/mol. The van der Waals surface area contributed by atoms with Gasteiger partial charge in [0.05, 0.1) is 0 Å². The zero-order valence-electron chi connectivity index (χ0n) is 10.4. The van der Waals surface area contributed by atoms with E-state index in [1.165, 1.54) is 25.7 Å². The molecule has 0 unspecified atom stereocenters. The van der Waals surface area contributed by atoms with E-state index < -0.39 is 0 Å². The Hall–Kier alpha value is 0.648. The molecule has 0 rings (SSSR count). The van der Waals surface area contributed by atoms with Crippen LogP contribution < -0.4 is 0 Å². The standard InChI is InChI=1S/C12H25O.W/c1-11(2)13-10-8-6-7-9-12(3,4)5;/h6-10H2,1-5H3;/q-1;. The number of ether oxygens (including phenoxy) is 1. The molecule has 0 aromatic rings. The summed E-state index contributed by atoms with van der Waals surface area (Å²) in [7, 11) is 0. The largest absolute Gasteiger partial charge is 0.549 e. The van der Waals surface area contributed by atoms with Gasteiger partial charge in [-0.25, -0.2) is 6.10 Å². The first kappa shape index (κ1) is 17.1. The summed E-state index contributed by atoms with van der Waals surface area (Å²) in [6.07, 6.45) is 6.22. The van der Waals surface area contributed by atoms with Crippen LogP contribution in [0.15, 0.2) is 0 Å². The molecule has 14 heavy (non-hydrogen) atoms. The summed E-state index contributed by atoms with van der Waals surface area (Å²) < 4.78 is 5.39. The van der Waals surface area contributed by atoms with Crippen LogP contribution in [0, 0.1) is 11.5 Å². The van der Waals surface area contributed by atoms with Crippen molar-refractivity contribution >= 4 is 0 Å². The smallest absolute Gasteiger partial charge is 0.0114 e. The van der Waals surface area contributed by atoms with Gasteiger partial charge in [0.1, 0.15) is 0 Å². The zero-order chi connectivity index (χ0) is 10.3. The SMILES string of the molecule is C[C-](C)OCCCCCC(C)(C)C.[W]. The molecule has 0 aliphatic carbocycles. The quantitative estimate of drug-likeness (QED) is 0.504. The van der Waals surface area contributed by atoms with E-state index in [2.05, 4.69) is 20.8 Å². The monoisotopic (exact) mass is 369 g/mol. The Morgan fingerprint density at radius 2 is 1.57 bits per heavy atom. The molecule has 0 fully saturated rings. The molecular formula is C12H25OW-. The van der Waals surface area contributed by atoms with E-state index in [1.807, 2.05) is 13.8 Å². The second-order valence-corrected chi connectivity index (χ2v) is 5.13. The maximum absolute atomic E-state index is 5.39. The Bertz CT molecular complexity index is 116. The minimum atomic E-state index is 0. The fourth-order valence-electron chi connectivity index (χ4n) is 1.21. The Labute approximate surface area is 104 Å². The second-order valence-electron chi connectivity index (χ2n) is 5.13. The van der Waals surface area contributed by atoms with Crippen LogP contribution in [-0.4, -0.2) is 6.61 Å². The number of rotatable bonds is 6. The summed E-state index contributed by atoms with van der Waals surface area (Å²) in [4.78, 5) is 0. The normalized spacial score (nSPS) is 11.6. The van der Waals surface area contributed by atoms with Gasteiger partial charge in [0.2, 0.25) is 0 Å². The van der Waals surface area contributed by atoms with Crippen molar-refractivity contribution < 1.29 is 25.8 Å². The second kappa shape index (κ2) is 8.92. The molecule has 0 N–H and O–H groups in total. The van der Waals surface area contributed by atoms with Gasteiger partial charge in [0.25, 0.3) is 0 Å². The van der Waals surface area contributed by atoms with Crippen molar-refractivity contribution in [3.05, 3.63) is 6.10 Å². The van der Waals surface area contributed by atoms with Crippen LogP contribution in [0.4, 0.5) is 0 Å². The summed E-state index contributed by atoms with van der Waals surface area (Å²) in [6.45, 7) is 11.8. The first-order valence-electron chi connectivity index (χ1n) is 5.35. The maximum Gasteiger partial charge on any atom is 0.0114 e. The van der Waals surface area contributed by atoms with E-state index in [9.17, 15) is 0 Å². The molecule has 0 amide bonds. The zero-order valence-corrected chi connectivity index (χ0v) is 13.3. The molecule has 0 aromatic heterocycles. The van der Waals surface area contributed by atoms with Gasteiger partial charge in [-0.15, -0.1) is 0 Å². The van der Waals surface area contributed by atoms with Gasteiger partial charge in [-0.05, 0) is 18.3 Å². The first-order chi connectivity index (χ1) is 5.92. The van der Waals surface area contributed by atoms with E-state index in [4.69, 9.17) is 4.74 Å². The fourth-order valence-corrected chi connectivity index (χ4v) is 1.21. The Morgan fingerprint density at radius 1 is 1.00 bits per heavy atom. The van der Waals surface area contributed by atoms with Gasteiger partial charge >= 0.3 is 0 Å². The van der Waals surface area contributed by atoms with Crippen molar-refractivity contribution in [2.45, 2.75) is 60.3 Å². The van der Waals surface area contributed by atoms with Gasteiger partial charge in [0.15, 0.2) is 0 Å². The third-order valence-corrected chi connectivity index (χ3v) is 1.96. The van der Waals surface area contributed by atoms with Crippen LogP contribution in [0.2, 0.25) is 0 Å². The molecule has 0 aromatic carbocycles. The maximum atomic E-state index is 5.39. The number of hydrogen-bond donors (Lipinski definition) is 0. The van der Waals surface area contributed by atoms with Crippen LogP contribution in [0.25, 0.3) is 0 Å². The van der Waals surface area contributed by atoms with E-state index in [0.29, 0.717) is 5.41 Å². The molecule has 0 aliphatic rings. The van der Waals surface area contributed by atoms with E-state index in [1.54, 1.807) is 0 Å². The molecule has 0 saturated carbocycles. The van der Waals surface area contributed by atoms with Crippen LogP contribution >= 0.6 is 0 Å². The van der Waals surface area contributed by atoms with Crippen LogP contribution in [0.3, 0.4) is 0 Å². The fraction of sp³-hybridized carbons (Fsp3) is 0.917. The molecule has 0 heterocycles. The summed E-state index contributed by atoms with van der Waals surface area (Å²) in [6, 6.07) is 0. The predicted octanol–water partition coefficient (Wildman–Crippen LogP) is 4.18. The van der Waals surface area contributed by atoms with Crippen LogP contribution in [0.1, 0.15) is 60.3 Å². The van der Waals surface area contributed by atoms with Crippen molar-refractivity contribution in [3.63, 3.8) is 0 Å². The van der Waals surface area contributed by atoms with Crippen molar-refractivity contribution in [2.75, 3.05) is 6.61 Å². The third-order valence-electron chi connectivity index (χ3n) is 1.96. The molecule has 0 spiro atoms. The molecule has 2 heteroatoms. The Balaban J connectivity index is 0. The molecule has 0 atom stereocenters. The summed E-state index contributed by atoms with van der Waals surface area (Å²) in [5, 5.41) is 0. The Kier molecular flexibility index (Phi) is 10.9. The minimum Gasteiger partial charge on any atom is -0.549 e. The summed E-state index contributed by atoms with van der Waals surface area (Å²) in [5.74, 6) is 0. The van der Waals surface area contributed by atoms with E-state index in [-0.39, 0.29) is 21.1 Å². The topological polar surface area (TPSA) is 9.23 Å². The van der Waals surface area contributed by atoms with Crippen LogP contribution in [-0.2, 0) is 25.8 Å². The van der Waals surface area contributed by atoms with Gasteiger partial charge in [-0.1, -0.05) is 33.6 Å². The van der Waals surface area contributed by atoms with Gasteiger partial charge in [-0.3, -0.25) is 0 Å². The summed E-state index contributed by atoms with van der Waals surface area (Å²) >= 11 is 0. The molecular weight excluding hydrogens is 344 g/mol. The molecule has 0 bridgehead atoms. The Morgan fingerprint density at radius 3 is 2.00 bits per heavy atom. The first-order valence-corrected chi connectivity index (χ1v) is 5.35. The number of unbranched alkanes of at least 4 members (excludes halogenated alkanes) is 2.